The SMILES string of the molecule is COC(=O)c1nc2ccccn2c(=O)c1I. The van der Waals surface area contributed by atoms with Crippen LogP contribution in [-0.4, -0.2) is 22.5 Å². The van der Waals surface area contributed by atoms with Gasteiger partial charge in [-0.05, 0) is 34.7 Å². The third-order valence-corrected chi connectivity index (χ3v) is 3.03. The number of nitrogens with zero attached hydrogens (tertiary/aromatic N) is 2. The van der Waals surface area contributed by atoms with E-state index in [-0.39, 0.29) is 14.8 Å². The summed E-state index contributed by atoms with van der Waals surface area (Å²) in [5, 5.41) is 0. The normalized spacial score (nSPS) is 10.4. The summed E-state index contributed by atoms with van der Waals surface area (Å²) >= 11 is 1.79. The van der Waals surface area contributed by atoms with Gasteiger partial charge in [-0.1, -0.05) is 6.07 Å². The summed E-state index contributed by atoms with van der Waals surface area (Å²) in [5.41, 5.74) is 0.208. The number of methoxy groups -OCH3 is 1. The molecule has 0 aliphatic heterocycles. The predicted octanol–water partition coefficient (Wildman–Crippen LogP) is 1.09. The lowest BCUT2D eigenvalue weighted by atomic mass is 10.4. The molecule has 0 bridgehead atoms. The van der Waals surface area contributed by atoms with Gasteiger partial charge in [0.25, 0.3) is 5.56 Å². The molecule has 0 aliphatic rings. The fourth-order valence-electron chi connectivity index (χ4n) is 1.30. The number of halogens is 1. The number of aromatic nitrogens is 2. The molecule has 5 nitrogen and oxygen atoms in total. The molecule has 0 radical (unpaired) electrons. The lowest BCUT2D eigenvalue weighted by Gasteiger charge is -2.04. The Bertz CT molecular complexity index is 621. The van der Waals surface area contributed by atoms with E-state index in [0.717, 1.165) is 0 Å². The van der Waals surface area contributed by atoms with Crippen LogP contribution in [0.15, 0.2) is 29.2 Å². The molecule has 2 aromatic rings. The van der Waals surface area contributed by atoms with Crippen molar-refractivity contribution >= 4 is 34.2 Å². The molecule has 0 aliphatic carbocycles. The molecule has 0 saturated carbocycles. The fraction of sp³-hybridized carbons (Fsp3) is 0.100. The third-order valence-electron chi connectivity index (χ3n) is 2.06. The number of pyridine rings is 1. The number of carbonyl (C=O) groups is 1. The summed E-state index contributed by atoms with van der Waals surface area (Å²) in [5.74, 6) is -0.604. The first-order chi connectivity index (χ1) is 7.65. The summed E-state index contributed by atoms with van der Waals surface area (Å²) in [6, 6.07) is 5.13. The molecule has 0 aromatic carbocycles. The zero-order valence-corrected chi connectivity index (χ0v) is 10.5. The Morgan fingerprint density at radius 3 is 2.94 bits per heavy atom. The van der Waals surface area contributed by atoms with E-state index in [9.17, 15) is 9.59 Å². The van der Waals surface area contributed by atoms with Gasteiger partial charge in [0, 0.05) is 6.20 Å². The van der Waals surface area contributed by atoms with E-state index in [1.807, 2.05) is 0 Å². The highest BCUT2D eigenvalue weighted by molar-refractivity contribution is 14.1. The van der Waals surface area contributed by atoms with Crippen molar-refractivity contribution in [2.75, 3.05) is 7.11 Å². The Labute approximate surface area is 104 Å². The van der Waals surface area contributed by atoms with Gasteiger partial charge in [-0.3, -0.25) is 9.20 Å². The van der Waals surface area contributed by atoms with Gasteiger partial charge in [0.05, 0.1) is 7.11 Å². The Kier molecular flexibility index (Phi) is 2.90. The Balaban J connectivity index is 2.84. The second-order valence-electron chi connectivity index (χ2n) is 3.00. The third kappa shape index (κ3) is 1.69. The Morgan fingerprint density at radius 1 is 1.50 bits per heavy atom. The monoisotopic (exact) mass is 330 g/mol. The molecule has 0 N–H and O–H groups in total. The number of fused-ring (bicyclic) bond motifs is 1. The van der Waals surface area contributed by atoms with Gasteiger partial charge < -0.3 is 4.74 Å². The zero-order chi connectivity index (χ0) is 11.7. The maximum absolute atomic E-state index is 11.9. The van der Waals surface area contributed by atoms with Crippen molar-refractivity contribution in [2.45, 2.75) is 0 Å². The standard InChI is InChI=1S/C10H7IN2O3/c1-16-10(15)8-7(11)9(14)13-5-3-2-4-6(13)12-8/h2-5H,1H3. The van der Waals surface area contributed by atoms with Crippen LogP contribution in [0, 0.1) is 3.57 Å². The van der Waals surface area contributed by atoms with Crippen LogP contribution in [-0.2, 0) is 4.74 Å². The quantitative estimate of drug-likeness (QED) is 0.580. The minimum atomic E-state index is -0.604. The second kappa shape index (κ2) is 4.20. The van der Waals surface area contributed by atoms with E-state index in [1.165, 1.54) is 11.5 Å². The predicted molar refractivity (Wildman–Crippen MR) is 65.5 cm³/mol. The zero-order valence-electron chi connectivity index (χ0n) is 8.31. The minimum absolute atomic E-state index is 0.0549. The van der Waals surface area contributed by atoms with Crippen LogP contribution in [0.1, 0.15) is 10.5 Å². The summed E-state index contributed by atoms with van der Waals surface area (Å²) < 4.78 is 6.21. The van der Waals surface area contributed by atoms with Crippen LogP contribution in [0.2, 0.25) is 0 Å². The minimum Gasteiger partial charge on any atom is -0.464 e. The Hall–Kier alpha value is -1.44. The van der Waals surface area contributed by atoms with E-state index < -0.39 is 5.97 Å². The van der Waals surface area contributed by atoms with Gasteiger partial charge >= 0.3 is 5.97 Å². The van der Waals surface area contributed by atoms with Gasteiger partial charge in [0.2, 0.25) is 0 Å². The number of carbonyl (C=O) groups excluding carboxylic acids is 1. The molecule has 0 spiro atoms. The molecule has 0 atom stereocenters. The molecule has 2 rings (SSSR count). The number of rotatable bonds is 1. The molecule has 2 aromatic heterocycles. The summed E-state index contributed by atoms with van der Waals surface area (Å²) in [4.78, 5) is 27.4. The molecule has 0 saturated heterocycles. The lowest BCUT2D eigenvalue weighted by molar-refractivity contribution is 0.0592. The number of esters is 1. The van der Waals surface area contributed by atoms with Gasteiger partial charge in [-0.2, -0.15) is 0 Å². The average Bonchev–Trinajstić information content (AvgIpc) is 2.33. The van der Waals surface area contributed by atoms with Crippen molar-refractivity contribution in [3.05, 3.63) is 44.0 Å². The molecule has 82 valence electrons. The summed E-state index contributed by atoms with van der Waals surface area (Å²) in [6.45, 7) is 0. The highest BCUT2D eigenvalue weighted by Crippen LogP contribution is 2.08. The van der Waals surface area contributed by atoms with Gasteiger partial charge in [-0.15, -0.1) is 0 Å². The van der Waals surface area contributed by atoms with Gasteiger partial charge in [0.1, 0.15) is 9.22 Å². The highest BCUT2D eigenvalue weighted by Gasteiger charge is 2.16. The van der Waals surface area contributed by atoms with Gasteiger partial charge in [-0.25, -0.2) is 9.78 Å². The molecule has 6 heteroatoms. The maximum Gasteiger partial charge on any atom is 0.358 e. The van der Waals surface area contributed by atoms with Crippen molar-refractivity contribution in [2.24, 2.45) is 0 Å². The highest BCUT2D eigenvalue weighted by atomic mass is 127. The molecule has 0 unspecified atom stereocenters. The van der Waals surface area contributed by atoms with E-state index in [1.54, 1.807) is 47.0 Å². The number of hydrogen-bond donors (Lipinski definition) is 0. The number of ether oxygens (including phenoxy) is 1. The average molecular weight is 330 g/mol. The first-order valence-electron chi connectivity index (χ1n) is 4.40. The summed E-state index contributed by atoms with van der Waals surface area (Å²) in [7, 11) is 1.26. The molecule has 0 fully saturated rings. The van der Waals surface area contributed by atoms with E-state index in [0.29, 0.717) is 5.65 Å². The topological polar surface area (TPSA) is 60.7 Å². The largest absolute Gasteiger partial charge is 0.464 e. The number of hydrogen-bond acceptors (Lipinski definition) is 4. The fourth-order valence-corrected chi connectivity index (χ4v) is 1.90. The smallest absolute Gasteiger partial charge is 0.358 e. The van der Waals surface area contributed by atoms with Crippen molar-refractivity contribution in [3.8, 4) is 0 Å². The van der Waals surface area contributed by atoms with Crippen molar-refractivity contribution < 1.29 is 9.53 Å². The van der Waals surface area contributed by atoms with Crippen LogP contribution in [0.4, 0.5) is 0 Å². The van der Waals surface area contributed by atoms with E-state index >= 15 is 0 Å². The molecule has 0 amide bonds. The second-order valence-corrected chi connectivity index (χ2v) is 4.08. The maximum atomic E-state index is 11.9. The van der Waals surface area contributed by atoms with Crippen molar-refractivity contribution in [1.29, 1.82) is 0 Å². The van der Waals surface area contributed by atoms with Crippen molar-refractivity contribution in [3.63, 3.8) is 0 Å². The molecule has 2 heterocycles. The van der Waals surface area contributed by atoms with Crippen molar-refractivity contribution in [1.82, 2.24) is 9.38 Å². The van der Waals surface area contributed by atoms with E-state index in [2.05, 4.69) is 9.72 Å². The van der Waals surface area contributed by atoms with Crippen LogP contribution in [0.3, 0.4) is 0 Å². The molecular formula is C10H7IN2O3. The summed E-state index contributed by atoms with van der Waals surface area (Å²) in [6.07, 6.45) is 1.61. The first kappa shape index (κ1) is 11.1. The van der Waals surface area contributed by atoms with Crippen LogP contribution >= 0.6 is 22.6 Å². The van der Waals surface area contributed by atoms with Crippen LogP contribution in [0.5, 0.6) is 0 Å². The molecular weight excluding hydrogens is 323 g/mol. The van der Waals surface area contributed by atoms with Crippen LogP contribution in [0.25, 0.3) is 5.65 Å². The van der Waals surface area contributed by atoms with Crippen LogP contribution < -0.4 is 5.56 Å². The molecule has 16 heavy (non-hydrogen) atoms. The first-order valence-corrected chi connectivity index (χ1v) is 5.48. The van der Waals surface area contributed by atoms with E-state index in [4.69, 9.17) is 0 Å². The lowest BCUT2D eigenvalue weighted by Crippen LogP contribution is -2.23. The Morgan fingerprint density at radius 2 is 2.25 bits per heavy atom. The van der Waals surface area contributed by atoms with Gasteiger partial charge in [0.15, 0.2) is 5.69 Å².